The molecule has 0 fully saturated rings. The largest absolute Gasteiger partial charge is 0.493 e. The standard InChI is InChI=1S/C12H10N2O4/c1-16-8-3-6-5-13-14-7-4-9(15)18-12(10(6)7)11(8)17-2/h3-4H,5H2,1-2H3. The minimum absolute atomic E-state index is 0.355. The number of nitrogens with zero attached hydrogens (tertiary/aromatic N) is 2. The quantitative estimate of drug-likeness (QED) is 0.762. The Bertz CT molecular complexity index is 718. The van der Waals surface area contributed by atoms with Crippen LogP contribution in [-0.2, 0) is 6.54 Å². The molecular weight excluding hydrogens is 236 g/mol. The van der Waals surface area contributed by atoms with Gasteiger partial charge in [0.2, 0.25) is 5.75 Å². The molecule has 18 heavy (non-hydrogen) atoms. The van der Waals surface area contributed by atoms with Crippen LogP contribution in [0.2, 0.25) is 0 Å². The highest BCUT2D eigenvalue weighted by atomic mass is 16.5. The SMILES string of the molecule is COc1cc2c3c(cc(=O)oc3c1OC)N=NC2. The van der Waals surface area contributed by atoms with E-state index in [4.69, 9.17) is 13.9 Å². The van der Waals surface area contributed by atoms with Crippen molar-refractivity contribution >= 4 is 16.7 Å². The van der Waals surface area contributed by atoms with Gasteiger partial charge in [-0.1, -0.05) is 0 Å². The fourth-order valence-electron chi connectivity index (χ4n) is 2.10. The van der Waals surface area contributed by atoms with Crippen LogP contribution in [0.3, 0.4) is 0 Å². The molecule has 0 saturated heterocycles. The molecule has 0 radical (unpaired) electrons. The third-order valence-corrected chi connectivity index (χ3v) is 2.84. The molecule has 0 aliphatic carbocycles. The van der Waals surface area contributed by atoms with E-state index in [-0.39, 0.29) is 0 Å². The lowest BCUT2D eigenvalue weighted by molar-refractivity contribution is 0.351. The Kier molecular flexibility index (Phi) is 2.29. The molecule has 0 amide bonds. The fraction of sp³-hybridized carbons (Fsp3) is 0.250. The third-order valence-electron chi connectivity index (χ3n) is 2.84. The van der Waals surface area contributed by atoms with E-state index in [0.29, 0.717) is 29.3 Å². The lowest BCUT2D eigenvalue weighted by Gasteiger charge is -2.15. The molecule has 1 aliphatic heterocycles. The van der Waals surface area contributed by atoms with Crippen molar-refractivity contribution in [2.75, 3.05) is 14.2 Å². The van der Waals surface area contributed by atoms with Gasteiger partial charge in [0.25, 0.3) is 0 Å². The molecule has 0 atom stereocenters. The van der Waals surface area contributed by atoms with Gasteiger partial charge in [0, 0.05) is 0 Å². The minimum atomic E-state index is -0.490. The van der Waals surface area contributed by atoms with Crippen LogP contribution >= 0.6 is 0 Å². The summed E-state index contributed by atoms with van der Waals surface area (Å²) < 4.78 is 15.7. The topological polar surface area (TPSA) is 73.4 Å². The molecule has 0 N–H and O–H groups in total. The normalized spacial score (nSPS) is 12.8. The van der Waals surface area contributed by atoms with Crippen molar-refractivity contribution in [3.05, 3.63) is 28.1 Å². The second-order valence-electron chi connectivity index (χ2n) is 3.83. The molecule has 1 aromatic carbocycles. The Balaban J connectivity index is 2.52. The molecule has 92 valence electrons. The predicted octanol–water partition coefficient (Wildman–Crippen LogP) is 2.41. The highest BCUT2D eigenvalue weighted by molar-refractivity contribution is 5.96. The summed E-state index contributed by atoms with van der Waals surface area (Å²) >= 11 is 0. The van der Waals surface area contributed by atoms with Crippen molar-refractivity contribution in [2.24, 2.45) is 10.2 Å². The maximum atomic E-state index is 11.5. The number of benzene rings is 1. The first kappa shape index (κ1) is 10.8. The first-order valence-corrected chi connectivity index (χ1v) is 5.34. The van der Waals surface area contributed by atoms with E-state index in [0.717, 1.165) is 10.9 Å². The van der Waals surface area contributed by atoms with Crippen LogP contribution < -0.4 is 15.1 Å². The lowest BCUT2D eigenvalue weighted by atomic mass is 10.1. The lowest BCUT2D eigenvalue weighted by Crippen LogP contribution is -2.02. The smallest absolute Gasteiger partial charge is 0.338 e. The molecule has 2 heterocycles. The van der Waals surface area contributed by atoms with Crippen LogP contribution in [0.5, 0.6) is 11.5 Å². The second-order valence-corrected chi connectivity index (χ2v) is 3.83. The molecule has 0 unspecified atom stereocenters. The van der Waals surface area contributed by atoms with Gasteiger partial charge in [-0.3, -0.25) is 0 Å². The highest BCUT2D eigenvalue weighted by Crippen LogP contribution is 2.42. The third kappa shape index (κ3) is 1.38. The monoisotopic (exact) mass is 246 g/mol. The molecule has 0 saturated carbocycles. The maximum absolute atomic E-state index is 11.5. The van der Waals surface area contributed by atoms with E-state index in [9.17, 15) is 4.79 Å². The van der Waals surface area contributed by atoms with Gasteiger partial charge in [-0.05, 0) is 11.6 Å². The van der Waals surface area contributed by atoms with Gasteiger partial charge in [0.05, 0.1) is 32.2 Å². The Morgan fingerprint density at radius 1 is 1.28 bits per heavy atom. The molecule has 0 bridgehead atoms. The fourth-order valence-corrected chi connectivity index (χ4v) is 2.10. The van der Waals surface area contributed by atoms with E-state index in [1.807, 2.05) is 6.07 Å². The van der Waals surface area contributed by atoms with E-state index < -0.39 is 5.63 Å². The Hall–Kier alpha value is -2.37. The van der Waals surface area contributed by atoms with Crippen LogP contribution in [0, 0.1) is 0 Å². The number of methoxy groups -OCH3 is 2. The van der Waals surface area contributed by atoms with Gasteiger partial charge in [-0.15, -0.1) is 0 Å². The second kappa shape index (κ2) is 3.83. The van der Waals surface area contributed by atoms with Gasteiger partial charge in [0.15, 0.2) is 11.3 Å². The van der Waals surface area contributed by atoms with Gasteiger partial charge in [-0.2, -0.15) is 10.2 Å². The van der Waals surface area contributed by atoms with Crippen molar-refractivity contribution < 1.29 is 13.9 Å². The Labute approximate surface area is 102 Å². The average Bonchev–Trinajstić information content (AvgIpc) is 2.38. The van der Waals surface area contributed by atoms with Gasteiger partial charge >= 0.3 is 5.63 Å². The number of hydrogen-bond acceptors (Lipinski definition) is 6. The summed E-state index contributed by atoms with van der Waals surface area (Å²) in [7, 11) is 3.03. The maximum Gasteiger partial charge on any atom is 0.338 e. The summed E-state index contributed by atoms with van der Waals surface area (Å²) in [5, 5.41) is 8.69. The summed E-state index contributed by atoms with van der Waals surface area (Å²) in [5.74, 6) is 0.907. The zero-order valence-corrected chi connectivity index (χ0v) is 9.89. The van der Waals surface area contributed by atoms with E-state index >= 15 is 0 Å². The number of ether oxygens (including phenoxy) is 2. The minimum Gasteiger partial charge on any atom is -0.493 e. The van der Waals surface area contributed by atoms with E-state index in [2.05, 4.69) is 10.2 Å². The molecule has 0 spiro atoms. The Morgan fingerprint density at radius 2 is 2.11 bits per heavy atom. The van der Waals surface area contributed by atoms with Crippen LogP contribution in [0.15, 0.2) is 31.6 Å². The number of hydrogen-bond donors (Lipinski definition) is 0. The van der Waals surface area contributed by atoms with Crippen molar-refractivity contribution in [3.8, 4) is 11.5 Å². The molecule has 6 nitrogen and oxygen atoms in total. The van der Waals surface area contributed by atoms with Crippen molar-refractivity contribution in [3.63, 3.8) is 0 Å². The van der Waals surface area contributed by atoms with Gasteiger partial charge < -0.3 is 13.9 Å². The average molecular weight is 246 g/mol. The first-order chi connectivity index (χ1) is 8.74. The Morgan fingerprint density at radius 3 is 2.83 bits per heavy atom. The molecule has 1 aliphatic rings. The number of azo groups is 1. The van der Waals surface area contributed by atoms with Crippen LogP contribution in [0.4, 0.5) is 5.69 Å². The molecule has 6 heteroatoms. The zero-order chi connectivity index (χ0) is 12.7. The molecule has 2 aromatic rings. The van der Waals surface area contributed by atoms with E-state index in [1.54, 1.807) is 0 Å². The van der Waals surface area contributed by atoms with Crippen molar-refractivity contribution in [1.29, 1.82) is 0 Å². The summed E-state index contributed by atoms with van der Waals surface area (Å²) in [6.07, 6.45) is 0. The zero-order valence-electron chi connectivity index (χ0n) is 9.89. The number of rotatable bonds is 2. The molecule has 1 aromatic heterocycles. The van der Waals surface area contributed by atoms with Gasteiger partial charge in [0.1, 0.15) is 5.69 Å². The van der Waals surface area contributed by atoms with E-state index in [1.165, 1.54) is 20.3 Å². The van der Waals surface area contributed by atoms with Crippen LogP contribution in [0.25, 0.3) is 11.0 Å². The molecular formula is C12H10N2O4. The first-order valence-electron chi connectivity index (χ1n) is 5.34. The summed E-state index contributed by atoms with van der Waals surface area (Å²) in [6.45, 7) is 0.428. The van der Waals surface area contributed by atoms with Crippen LogP contribution in [0.1, 0.15) is 5.56 Å². The summed E-state index contributed by atoms with van der Waals surface area (Å²) in [6, 6.07) is 3.14. The van der Waals surface area contributed by atoms with Crippen LogP contribution in [-0.4, -0.2) is 14.2 Å². The predicted molar refractivity (Wildman–Crippen MR) is 63.8 cm³/mol. The summed E-state index contributed by atoms with van der Waals surface area (Å²) in [4.78, 5) is 11.5. The van der Waals surface area contributed by atoms with Gasteiger partial charge in [-0.25, -0.2) is 4.79 Å². The van der Waals surface area contributed by atoms with Crippen molar-refractivity contribution in [1.82, 2.24) is 0 Å². The highest BCUT2D eigenvalue weighted by Gasteiger charge is 2.21. The summed E-state index contributed by atoms with van der Waals surface area (Å²) in [5.41, 5.74) is 1.27. The van der Waals surface area contributed by atoms with Crippen molar-refractivity contribution in [2.45, 2.75) is 6.54 Å². The molecule has 3 rings (SSSR count).